The largest absolute Gasteiger partial charge is 0.496 e. The molecule has 0 bridgehead atoms. The van der Waals surface area contributed by atoms with Gasteiger partial charge in [0, 0.05) is 16.1 Å². The number of hydrogen-bond acceptors (Lipinski definition) is 4. The summed E-state index contributed by atoms with van der Waals surface area (Å²) in [5, 5.41) is 14.9. The van der Waals surface area contributed by atoms with Crippen molar-refractivity contribution >= 4 is 17.6 Å². The van der Waals surface area contributed by atoms with E-state index in [0.29, 0.717) is 35.2 Å². The Kier molecular flexibility index (Phi) is 8.28. The Morgan fingerprint density at radius 1 is 1.03 bits per heavy atom. The average molecular weight is 505 g/mol. The summed E-state index contributed by atoms with van der Waals surface area (Å²) in [6, 6.07) is 23.0. The second-order valence-electron chi connectivity index (χ2n) is 8.49. The summed E-state index contributed by atoms with van der Waals surface area (Å²) in [7, 11) is 1.65. The van der Waals surface area contributed by atoms with Crippen LogP contribution in [-0.4, -0.2) is 34.6 Å². The van der Waals surface area contributed by atoms with Crippen molar-refractivity contribution in [1.29, 1.82) is 0 Å². The van der Waals surface area contributed by atoms with E-state index in [1.807, 2.05) is 71.4 Å². The fraction of sp³-hybridized carbons (Fsp3) is 0.241. The van der Waals surface area contributed by atoms with E-state index in [9.17, 15) is 9.90 Å². The Bertz CT molecular complexity index is 1330. The molecule has 0 saturated heterocycles. The van der Waals surface area contributed by atoms with Crippen LogP contribution in [-0.2, 0) is 17.8 Å². The molecule has 0 spiro atoms. The maximum atomic E-state index is 11.4. The molecule has 0 atom stereocenters. The first-order valence-corrected chi connectivity index (χ1v) is 12.3. The lowest BCUT2D eigenvalue weighted by molar-refractivity contribution is -0.136. The number of hydrogen-bond donors (Lipinski definition) is 1. The molecular weight excluding hydrogens is 476 g/mol. The van der Waals surface area contributed by atoms with E-state index in [1.165, 1.54) is 0 Å². The number of aromatic nitrogens is 2. The van der Waals surface area contributed by atoms with Crippen LogP contribution < -0.4 is 9.47 Å². The molecule has 3 aromatic carbocycles. The Balaban J connectivity index is 1.82. The molecule has 1 heterocycles. The van der Waals surface area contributed by atoms with E-state index in [0.717, 1.165) is 41.0 Å². The van der Waals surface area contributed by atoms with Crippen LogP contribution in [0.1, 0.15) is 30.9 Å². The van der Waals surface area contributed by atoms with Gasteiger partial charge < -0.3 is 14.6 Å². The average Bonchev–Trinajstić information content (AvgIpc) is 3.29. The molecule has 0 radical (unpaired) electrons. The van der Waals surface area contributed by atoms with E-state index in [2.05, 4.69) is 6.92 Å². The molecule has 0 aliphatic rings. The number of methoxy groups -OCH3 is 1. The molecule has 186 valence electrons. The number of para-hydroxylation sites is 1. The second kappa shape index (κ2) is 11.8. The summed E-state index contributed by atoms with van der Waals surface area (Å²) in [5.74, 6) is 0.579. The number of halogens is 1. The lowest BCUT2D eigenvalue weighted by Crippen LogP contribution is -2.06. The molecule has 0 saturated carbocycles. The van der Waals surface area contributed by atoms with E-state index in [-0.39, 0.29) is 6.42 Å². The maximum Gasteiger partial charge on any atom is 0.307 e. The molecule has 1 N–H and O–H groups in total. The fourth-order valence-electron chi connectivity index (χ4n) is 4.03. The molecule has 6 nitrogen and oxygen atoms in total. The Morgan fingerprint density at radius 3 is 2.53 bits per heavy atom. The van der Waals surface area contributed by atoms with Gasteiger partial charge in [-0.1, -0.05) is 61.3 Å². The van der Waals surface area contributed by atoms with Gasteiger partial charge in [-0.15, -0.1) is 0 Å². The molecule has 36 heavy (non-hydrogen) atoms. The highest BCUT2D eigenvalue weighted by molar-refractivity contribution is 6.30. The molecule has 0 aliphatic carbocycles. The first-order chi connectivity index (χ1) is 17.5. The van der Waals surface area contributed by atoms with Crippen molar-refractivity contribution in [2.75, 3.05) is 13.7 Å². The SMILES string of the molecule is CCCCOc1ccc(CC(=O)O)cc1-c1cc(-c2ccc(Cl)cc2)n(Cc2ccccc2OC)n1. The number of carboxylic acids is 1. The summed E-state index contributed by atoms with van der Waals surface area (Å²) >= 11 is 6.15. The first-order valence-electron chi connectivity index (χ1n) is 11.9. The van der Waals surface area contributed by atoms with Gasteiger partial charge in [0.05, 0.1) is 38.1 Å². The van der Waals surface area contributed by atoms with Crippen molar-refractivity contribution in [1.82, 2.24) is 9.78 Å². The summed E-state index contributed by atoms with van der Waals surface area (Å²) in [4.78, 5) is 11.4. The monoisotopic (exact) mass is 504 g/mol. The van der Waals surface area contributed by atoms with Gasteiger partial charge >= 0.3 is 5.97 Å². The number of benzene rings is 3. The van der Waals surface area contributed by atoms with Gasteiger partial charge in [0.2, 0.25) is 0 Å². The van der Waals surface area contributed by atoms with Crippen molar-refractivity contribution in [3.63, 3.8) is 0 Å². The lowest BCUT2D eigenvalue weighted by Gasteiger charge is -2.12. The highest BCUT2D eigenvalue weighted by atomic mass is 35.5. The highest BCUT2D eigenvalue weighted by Crippen LogP contribution is 2.35. The normalized spacial score (nSPS) is 10.9. The molecule has 4 rings (SSSR count). The number of nitrogens with zero attached hydrogens (tertiary/aromatic N) is 2. The lowest BCUT2D eigenvalue weighted by atomic mass is 10.0. The van der Waals surface area contributed by atoms with Crippen LogP contribution in [0.3, 0.4) is 0 Å². The number of aliphatic carboxylic acids is 1. The van der Waals surface area contributed by atoms with Crippen LogP contribution in [0.5, 0.6) is 11.5 Å². The summed E-state index contributed by atoms with van der Waals surface area (Å²) < 4.78 is 13.6. The zero-order valence-electron chi connectivity index (χ0n) is 20.4. The van der Waals surface area contributed by atoms with E-state index < -0.39 is 5.97 Å². The minimum atomic E-state index is -0.885. The molecular formula is C29H29ClN2O4. The standard InChI is InChI=1S/C29H29ClN2O4/c1-3-4-15-36-28-14-9-20(17-29(33)34)16-24(28)25-18-26(21-10-12-23(30)13-11-21)32(31-25)19-22-7-5-6-8-27(22)35-2/h5-14,16,18H,3-4,15,17,19H2,1-2H3,(H,33,34). The third-order valence-corrected chi connectivity index (χ3v) is 6.12. The molecule has 7 heteroatoms. The van der Waals surface area contributed by atoms with Crippen LogP contribution in [0.25, 0.3) is 22.5 Å². The molecule has 0 aliphatic heterocycles. The topological polar surface area (TPSA) is 73.6 Å². The Labute approximate surface area is 216 Å². The number of carbonyl (C=O) groups is 1. The summed E-state index contributed by atoms with van der Waals surface area (Å²) in [6.45, 7) is 3.18. The Morgan fingerprint density at radius 2 is 1.81 bits per heavy atom. The quantitative estimate of drug-likeness (QED) is 0.229. The molecule has 1 aromatic heterocycles. The van der Waals surface area contributed by atoms with E-state index in [4.69, 9.17) is 26.2 Å². The van der Waals surface area contributed by atoms with Crippen LogP contribution in [0.4, 0.5) is 0 Å². The summed E-state index contributed by atoms with van der Waals surface area (Å²) in [5.41, 5.74) is 5.00. The molecule has 0 unspecified atom stereocenters. The number of carboxylic acid groups (broad SMARTS) is 1. The molecule has 4 aromatic rings. The van der Waals surface area contributed by atoms with Crippen LogP contribution in [0, 0.1) is 0 Å². The van der Waals surface area contributed by atoms with E-state index >= 15 is 0 Å². The Hall–Kier alpha value is -3.77. The van der Waals surface area contributed by atoms with Crippen molar-refractivity contribution in [3.8, 4) is 34.0 Å². The van der Waals surface area contributed by atoms with Crippen LogP contribution >= 0.6 is 11.6 Å². The number of ether oxygens (including phenoxy) is 2. The highest BCUT2D eigenvalue weighted by Gasteiger charge is 2.18. The summed E-state index contributed by atoms with van der Waals surface area (Å²) in [6.07, 6.45) is 1.86. The van der Waals surface area contributed by atoms with Crippen molar-refractivity contribution in [3.05, 3.63) is 88.9 Å². The van der Waals surface area contributed by atoms with Gasteiger partial charge in [0.1, 0.15) is 11.5 Å². The van der Waals surface area contributed by atoms with Crippen molar-refractivity contribution in [2.45, 2.75) is 32.7 Å². The fourth-order valence-corrected chi connectivity index (χ4v) is 4.16. The minimum absolute atomic E-state index is 0.0752. The predicted molar refractivity (Wildman–Crippen MR) is 142 cm³/mol. The predicted octanol–water partition coefficient (Wildman–Crippen LogP) is 6.73. The van der Waals surface area contributed by atoms with Gasteiger partial charge in [-0.3, -0.25) is 9.48 Å². The minimum Gasteiger partial charge on any atom is -0.496 e. The van der Waals surface area contributed by atoms with Crippen LogP contribution in [0.15, 0.2) is 72.8 Å². The number of unbranched alkanes of at least 4 members (excludes halogenated alkanes) is 1. The zero-order chi connectivity index (χ0) is 25.5. The molecule has 0 amide bonds. The van der Waals surface area contributed by atoms with Crippen molar-refractivity contribution in [2.24, 2.45) is 0 Å². The smallest absolute Gasteiger partial charge is 0.307 e. The van der Waals surface area contributed by atoms with Gasteiger partial charge in [-0.2, -0.15) is 5.10 Å². The van der Waals surface area contributed by atoms with Crippen LogP contribution in [0.2, 0.25) is 5.02 Å². The van der Waals surface area contributed by atoms with Gasteiger partial charge in [0.15, 0.2) is 0 Å². The number of rotatable bonds is 11. The van der Waals surface area contributed by atoms with Gasteiger partial charge in [-0.25, -0.2) is 0 Å². The van der Waals surface area contributed by atoms with Crippen molar-refractivity contribution < 1.29 is 19.4 Å². The first kappa shape index (κ1) is 25.3. The second-order valence-corrected chi connectivity index (χ2v) is 8.93. The van der Waals surface area contributed by atoms with Gasteiger partial charge in [0.25, 0.3) is 0 Å². The van der Waals surface area contributed by atoms with E-state index in [1.54, 1.807) is 13.2 Å². The molecule has 0 fully saturated rings. The maximum absolute atomic E-state index is 11.4. The third-order valence-electron chi connectivity index (χ3n) is 5.86. The zero-order valence-corrected chi connectivity index (χ0v) is 21.2. The third kappa shape index (κ3) is 6.07. The van der Waals surface area contributed by atoms with Gasteiger partial charge in [-0.05, 0) is 53.9 Å².